The van der Waals surface area contributed by atoms with Gasteiger partial charge >= 0.3 is 0 Å². The Morgan fingerprint density at radius 1 is 1.41 bits per heavy atom. The predicted molar refractivity (Wildman–Crippen MR) is 68.5 cm³/mol. The van der Waals surface area contributed by atoms with E-state index < -0.39 is 0 Å². The highest BCUT2D eigenvalue weighted by atomic mass is 16.2. The van der Waals surface area contributed by atoms with Gasteiger partial charge in [0.1, 0.15) is 0 Å². The van der Waals surface area contributed by atoms with Crippen molar-refractivity contribution < 1.29 is 4.79 Å². The monoisotopic (exact) mass is 239 g/mol. The molecule has 0 aromatic carbocycles. The fourth-order valence-corrected chi connectivity index (χ4v) is 2.47. The van der Waals surface area contributed by atoms with Crippen LogP contribution in [0.4, 0.5) is 0 Å². The zero-order valence-corrected chi connectivity index (χ0v) is 11.0. The molecule has 0 bridgehead atoms. The van der Waals surface area contributed by atoms with E-state index >= 15 is 0 Å². The van der Waals surface area contributed by atoms with Crippen LogP contribution in [0.5, 0.6) is 0 Å². The number of nitrogens with zero attached hydrogens (tertiary/aromatic N) is 1. The van der Waals surface area contributed by atoms with E-state index in [1.165, 1.54) is 25.8 Å². The first-order valence-corrected chi connectivity index (χ1v) is 6.85. The van der Waals surface area contributed by atoms with E-state index in [9.17, 15) is 4.79 Å². The number of amides is 1. The quantitative estimate of drug-likeness (QED) is 0.737. The summed E-state index contributed by atoms with van der Waals surface area (Å²) in [5, 5.41) is 2.99. The minimum Gasteiger partial charge on any atom is -0.354 e. The van der Waals surface area contributed by atoms with Crippen LogP contribution in [0.15, 0.2) is 0 Å². The lowest BCUT2D eigenvalue weighted by molar-refractivity contribution is -0.123. The lowest BCUT2D eigenvalue weighted by atomic mass is 10.0. The summed E-state index contributed by atoms with van der Waals surface area (Å²) in [5.74, 6) is 0.838. The normalized spacial score (nSPS) is 27.4. The van der Waals surface area contributed by atoms with Gasteiger partial charge in [-0.05, 0) is 37.6 Å². The molecule has 0 radical (unpaired) electrons. The van der Waals surface area contributed by atoms with Crippen molar-refractivity contribution in [1.82, 2.24) is 10.2 Å². The van der Waals surface area contributed by atoms with Gasteiger partial charge in [0.2, 0.25) is 5.91 Å². The van der Waals surface area contributed by atoms with E-state index in [0.717, 1.165) is 19.1 Å². The van der Waals surface area contributed by atoms with E-state index in [1.54, 1.807) is 0 Å². The van der Waals surface area contributed by atoms with Gasteiger partial charge in [-0.2, -0.15) is 0 Å². The van der Waals surface area contributed by atoms with Crippen LogP contribution < -0.4 is 11.1 Å². The van der Waals surface area contributed by atoms with Crippen LogP contribution in [-0.4, -0.2) is 42.5 Å². The van der Waals surface area contributed by atoms with Crippen LogP contribution in [0.3, 0.4) is 0 Å². The Balaban J connectivity index is 1.66. The fourth-order valence-electron chi connectivity index (χ4n) is 2.47. The van der Waals surface area contributed by atoms with Crippen molar-refractivity contribution >= 4 is 5.91 Å². The van der Waals surface area contributed by atoms with Crippen LogP contribution in [0.1, 0.15) is 33.1 Å². The van der Waals surface area contributed by atoms with Gasteiger partial charge < -0.3 is 16.0 Å². The molecule has 98 valence electrons. The second-order valence-corrected chi connectivity index (χ2v) is 5.90. The second kappa shape index (κ2) is 5.36. The molecule has 2 unspecified atom stereocenters. The number of rotatable bonds is 5. The molecule has 1 saturated carbocycles. The fraction of sp³-hybridized carbons (Fsp3) is 0.923. The third-order valence-corrected chi connectivity index (χ3v) is 3.97. The van der Waals surface area contributed by atoms with Crippen LogP contribution in [-0.2, 0) is 4.79 Å². The number of hydrogen-bond donors (Lipinski definition) is 2. The minimum atomic E-state index is -0.365. The first-order chi connectivity index (χ1) is 8.08. The maximum atomic E-state index is 11.7. The molecule has 4 nitrogen and oxygen atoms in total. The van der Waals surface area contributed by atoms with Crippen LogP contribution in [0.2, 0.25) is 0 Å². The first-order valence-electron chi connectivity index (χ1n) is 6.85. The second-order valence-electron chi connectivity index (χ2n) is 5.90. The van der Waals surface area contributed by atoms with Gasteiger partial charge in [0.15, 0.2) is 0 Å². The SMILES string of the molecule is CC(C)C(N)C(=O)NCC1CCN(C2CC2)C1. The van der Waals surface area contributed by atoms with Crippen LogP contribution in [0.25, 0.3) is 0 Å². The Hall–Kier alpha value is -0.610. The van der Waals surface area contributed by atoms with Crippen LogP contribution in [0, 0.1) is 11.8 Å². The molecule has 2 atom stereocenters. The molecule has 4 heteroatoms. The summed E-state index contributed by atoms with van der Waals surface area (Å²) in [5.41, 5.74) is 5.81. The molecule has 1 heterocycles. The average Bonchev–Trinajstić information content (AvgIpc) is 3.05. The minimum absolute atomic E-state index is 0.00451. The highest BCUT2D eigenvalue weighted by molar-refractivity contribution is 5.81. The van der Waals surface area contributed by atoms with Crippen molar-refractivity contribution in [2.45, 2.75) is 45.2 Å². The molecular weight excluding hydrogens is 214 g/mol. The Kier molecular flexibility index (Phi) is 4.05. The summed E-state index contributed by atoms with van der Waals surface area (Å²) in [6, 6.07) is 0.490. The van der Waals surface area contributed by atoms with E-state index in [-0.39, 0.29) is 17.9 Å². The number of hydrogen-bond acceptors (Lipinski definition) is 3. The molecule has 2 rings (SSSR count). The number of likely N-dealkylation sites (tertiary alicyclic amines) is 1. The van der Waals surface area contributed by atoms with Crippen molar-refractivity contribution in [3.63, 3.8) is 0 Å². The molecule has 1 amide bonds. The Morgan fingerprint density at radius 3 is 2.71 bits per heavy atom. The molecular formula is C13H25N3O. The number of carbonyl (C=O) groups excluding carboxylic acids is 1. The van der Waals surface area contributed by atoms with Gasteiger partial charge in [-0.1, -0.05) is 13.8 Å². The van der Waals surface area contributed by atoms with Gasteiger partial charge in [-0.15, -0.1) is 0 Å². The van der Waals surface area contributed by atoms with Crippen molar-refractivity contribution in [1.29, 1.82) is 0 Å². The number of nitrogens with two attached hydrogens (primary N) is 1. The molecule has 2 fully saturated rings. The van der Waals surface area contributed by atoms with E-state index in [4.69, 9.17) is 5.73 Å². The van der Waals surface area contributed by atoms with E-state index in [0.29, 0.717) is 5.92 Å². The first kappa shape index (κ1) is 12.8. The largest absolute Gasteiger partial charge is 0.354 e. The predicted octanol–water partition coefficient (Wildman–Crippen LogP) is 0.570. The standard InChI is InChI=1S/C13H25N3O/c1-9(2)12(14)13(17)15-7-10-5-6-16(8-10)11-3-4-11/h9-12H,3-8,14H2,1-2H3,(H,15,17). The Labute approximate surface area is 104 Å². The summed E-state index contributed by atoms with van der Waals surface area (Å²) >= 11 is 0. The summed E-state index contributed by atoms with van der Waals surface area (Å²) in [6.07, 6.45) is 3.96. The molecule has 0 spiro atoms. The maximum absolute atomic E-state index is 11.7. The van der Waals surface area contributed by atoms with Crippen molar-refractivity contribution in [3.8, 4) is 0 Å². The van der Waals surface area contributed by atoms with E-state index in [1.807, 2.05) is 13.8 Å². The number of carbonyl (C=O) groups is 1. The van der Waals surface area contributed by atoms with Crippen molar-refractivity contribution in [3.05, 3.63) is 0 Å². The highest BCUT2D eigenvalue weighted by Gasteiger charge is 2.34. The summed E-state index contributed by atoms with van der Waals surface area (Å²) in [6.45, 7) is 7.12. The van der Waals surface area contributed by atoms with Crippen molar-refractivity contribution in [2.24, 2.45) is 17.6 Å². The van der Waals surface area contributed by atoms with Gasteiger partial charge in [0, 0.05) is 19.1 Å². The smallest absolute Gasteiger partial charge is 0.237 e. The molecule has 0 aromatic heterocycles. The molecule has 17 heavy (non-hydrogen) atoms. The highest BCUT2D eigenvalue weighted by Crippen LogP contribution is 2.31. The lowest BCUT2D eigenvalue weighted by Crippen LogP contribution is -2.45. The lowest BCUT2D eigenvalue weighted by Gasteiger charge is -2.18. The number of nitrogens with one attached hydrogen (secondary N) is 1. The molecule has 1 aliphatic heterocycles. The Morgan fingerprint density at radius 2 is 2.12 bits per heavy atom. The Bertz CT molecular complexity index is 276. The van der Waals surface area contributed by atoms with Crippen molar-refractivity contribution in [2.75, 3.05) is 19.6 Å². The molecule has 1 saturated heterocycles. The zero-order valence-electron chi connectivity index (χ0n) is 11.0. The van der Waals surface area contributed by atoms with Gasteiger partial charge in [-0.25, -0.2) is 0 Å². The molecule has 3 N–H and O–H groups in total. The van der Waals surface area contributed by atoms with Crippen LogP contribution >= 0.6 is 0 Å². The topological polar surface area (TPSA) is 58.4 Å². The third kappa shape index (κ3) is 3.42. The summed E-state index contributed by atoms with van der Waals surface area (Å²) in [4.78, 5) is 14.3. The summed E-state index contributed by atoms with van der Waals surface area (Å²) < 4.78 is 0. The average molecular weight is 239 g/mol. The molecule has 1 aliphatic carbocycles. The molecule has 2 aliphatic rings. The van der Waals surface area contributed by atoms with E-state index in [2.05, 4.69) is 10.2 Å². The maximum Gasteiger partial charge on any atom is 0.237 e. The van der Waals surface area contributed by atoms with Gasteiger partial charge in [-0.3, -0.25) is 4.79 Å². The zero-order chi connectivity index (χ0) is 12.4. The third-order valence-electron chi connectivity index (χ3n) is 3.97. The van der Waals surface area contributed by atoms with Gasteiger partial charge in [0.05, 0.1) is 6.04 Å². The van der Waals surface area contributed by atoms with Gasteiger partial charge in [0.25, 0.3) is 0 Å². The molecule has 0 aromatic rings. The summed E-state index contributed by atoms with van der Waals surface area (Å²) in [7, 11) is 0.